The van der Waals surface area contributed by atoms with E-state index >= 15 is 0 Å². The second kappa shape index (κ2) is 36.8. The average molecular weight is 1580 g/mol. The van der Waals surface area contributed by atoms with Crippen LogP contribution in [0.1, 0.15) is 156 Å². The van der Waals surface area contributed by atoms with E-state index in [0.29, 0.717) is 23.9 Å². The third kappa shape index (κ3) is 29.2. The second-order valence-electron chi connectivity index (χ2n) is 19.9. The van der Waals surface area contributed by atoms with Gasteiger partial charge in [0, 0.05) is 114 Å². The Labute approximate surface area is 500 Å². The number of anilines is 3. The number of pyridine rings is 1. The summed E-state index contributed by atoms with van der Waals surface area (Å²) in [6.45, 7) is 35.9. The van der Waals surface area contributed by atoms with Crippen LogP contribution in [-0.4, -0.2) is 36.3 Å². The Kier molecular flexibility index (Phi) is 38.6. The fourth-order valence-electron chi connectivity index (χ4n) is 6.41. The van der Waals surface area contributed by atoms with E-state index < -0.39 is 11.9 Å². The number of rotatable bonds is 3. The summed E-state index contributed by atoms with van der Waals surface area (Å²) < 4.78 is 10.7. The molecule has 1 aromatic heterocycles. The van der Waals surface area contributed by atoms with Gasteiger partial charge in [-0.2, -0.15) is 23.1 Å². The summed E-state index contributed by atoms with van der Waals surface area (Å²) in [5.41, 5.74) is 28.3. The number of esters is 2. The monoisotopic (exact) mass is 1570 g/mol. The van der Waals surface area contributed by atoms with Gasteiger partial charge in [-0.15, -0.1) is 0 Å². The van der Waals surface area contributed by atoms with Gasteiger partial charge in [0.05, 0.1) is 18.7 Å². The summed E-state index contributed by atoms with van der Waals surface area (Å²) in [6, 6.07) is 25.6. The van der Waals surface area contributed by atoms with Gasteiger partial charge in [-0.3, -0.25) is 4.79 Å². The van der Waals surface area contributed by atoms with Crippen molar-refractivity contribution in [1.29, 1.82) is 0 Å². The predicted octanol–water partition coefficient (Wildman–Crippen LogP) is 14.4. The molecular weight excluding hydrogens is 1490 g/mol. The summed E-state index contributed by atoms with van der Waals surface area (Å²) in [5.74, 6) is 4.00. The number of fused-ring (bicyclic) bond motifs is 1. The van der Waals surface area contributed by atoms with Gasteiger partial charge in [0.25, 0.3) is 0 Å². The minimum Gasteiger partial charge on any atom is -0.461 e. The van der Waals surface area contributed by atoms with Crippen molar-refractivity contribution in [2.45, 2.75) is 146 Å². The SMILES string of the molecule is CC(C)(C)c1cc(I)ccc1N.CC(C)(C)c1ccccc1N.CCC#CC(=O)OCC.CCOC(=O)c1cc(=O)c2cc(C)cc(C(C)(C)C)c2[nH]1.Cc1ccc(N)c(C(C)(C)C)c1.II.O=C=O.S.[3HH].[U]. The van der Waals surface area contributed by atoms with Gasteiger partial charge in [-0.1, -0.05) is 138 Å². The Morgan fingerprint density at radius 2 is 1.06 bits per heavy atom. The maximum absolute atomic E-state index is 12.3. The summed E-state index contributed by atoms with van der Waals surface area (Å²) >= 11 is 6.55. The molecule has 0 saturated carbocycles. The number of ether oxygens (including phenoxy) is 2. The maximum Gasteiger partial charge on any atom is 0.384 e. The molecule has 0 atom stereocenters. The van der Waals surface area contributed by atoms with Crippen LogP contribution in [0.5, 0.6) is 0 Å². The fraction of sp³-hybridized carbons (Fsp3) is 0.429. The quantitative estimate of drug-likeness (QED) is 0.0443. The van der Waals surface area contributed by atoms with Gasteiger partial charge in [0.2, 0.25) is 0 Å². The van der Waals surface area contributed by atoms with Crippen molar-refractivity contribution in [2.75, 3.05) is 30.4 Å². The normalized spacial score (nSPS) is 10.2. The maximum atomic E-state index is 12.3. The molecule has 0 saturated heterocycles. The van der Waals surface area contributed by atoms with Crippen LogP contribution in [-0.2, 0) is 45.5 Å². The smallest absolute Gasteiger partial charge is 0.384 e. The molecule has 1 heterocycles. The number of carbonyl (C=O) groups is 2. The molecule has 0 spiro atoms. The Morgan fingerprint density at radius 1 is 0.625 bits per heavy atom. The van der Waals surface area contributed by atoms with Crippen molar-refractivity contribution in [3.05, 3.63) is 132 Å². The Morgan fingerprint density at radius 3 is 1.46 bits per heavy atom. The molecule has 5 aromatic rings. The first kappa shape index (κ1) is 75.5. The van der Waals surface area contributed by atoms with E-state index in [4.69, 9.17) is 31.5 Å². The molecule has 0 aliphatic heterocycles. The van der Waals surface area contributed by atoms with Gasteiger partial charge in [0.15, 0.2) is 5.43 Å². The average Bonchev–Trinajstić information content (AvgIpc) is 3.25. The van der Waals surface area contributed by atoms with Crippen LogP contribution in [0, 0.1) is 60.4 Å². The number of nitrogens with two attached hydrogens (primary N) is 3. The fourth-order valence-corrected chi connectivity index (χ4v) is 6.90. The zero-order chi connectivity index (χ0) is 54.8. The number of nitrogen functional groups attached to an aromatic ring is 3. The third-order valence-electron chi connectivity index (χ3n) is 9.64. The number of hydrogen-bond acceptors (Lipinski definition) is 10. The Hall–Kier alpha value is -3.04. The van der Waals surface area contributed by atoms with Crippen molar-refractivity contribution in [1.82, 2.24) is 4.98 Å². The number of benzene rings is 4. The van der Waals surface area contributed by atoms with Crippen molar-refractivity contribution in [3.63, 3.8) is 0 Å². The summed E-state index contributed by atoms with van der Waals surface area (Å²) in [4.78, 5) is 53.9. The van der Waals surface area contributed by atoms with Gasteiger partial charge in [-0.25, -0.2) is 9.59 Å². The molecule has 5 rings (SSSR count). The van der Waals surface area contributed by atoms with Crippen LogP contribution < -0.4 is 22.6 Å². The van der Waals surface area contributed by atoms with Crippen molar-refractivity contribution in [2.24, 2.45) is 0 Å². The first-order valence-electron chi connectivity index (χ1n) is 22.7. The topological polar surface area (TPSA) is 198 Å². The summed E-state index contributed by atoms with van der Waals surface area (Å²) in [7, 11) is 0. The molecule has 72 heavy (non-hydrogen) atoms. The molecule has 0 aliphatic rings. The minimum absolute atomic E-state index is 0. The van der Waals surface area contributed by atoms with Crippen molar-refractivity contribution < 1.29 is 61.2 Å². The summed E-state index contributed by atoms with van der Waals surface area (Å²) in [6.07, 6.45) is 0.943. The zero-order valence-electron chi connectivity index (χ0n) is 45.4. The van der Waals surface area contributed by atoms with Crippen LogP contribution in [0.15, 0.2) is 83.7 Å². The van der Waals surface area contributed by atoms with Crippen LogP contribution >= 0.6 is 73.3 Å². The van der Waals surface area contributed by atoms with Gasteiger partial charge < -0.3 is 31.7 Å². The first-order valence-corrected chi connectivity index (χ1v) is 30.1. The van der Waals surface area contributed by atoms with Crippen molar-refractivity contribution >= 4 is 119 Å². The number of H-pyrrole nitrogens is 1. The molecule has 0 aliphatic carbocycles. The van der Waals surface area contributed by atoms with Gasteiger partial charge in [-0.05, 0) is 136 Å². The molecule has 398 valence electrons. The number of carbonyl (C=O) groups excluding carboxylic acids is 4. The molecule has 0 unspecified atom stereocenters. The van der Waals surface area contributed by atoms with E-state index in [1.54, 1.807) is 13.8 Å². The Bertz CT molecular complexity index is 2540. The van der Waals surface area contributed by atoms with Gasteiger partial charge >= 0.3 is 18.1 Å². The van der Waals surface area contributed by atoms with E-state index in [-0.39, 0.29) is 91.6 Å². The van der Waals surface area contributed by atoms with Crippen LogP contribution in [0.2, 0.25) is 0 Å². The molecule has 11 nitrogen and oxygen atoms in total. The van der Waals surface area contributed by atoms with E-state index in [0.717, 1.165) is 28.2 Å². The van der Waals surface area contributed by atoms with Crippen LogP contribution in [0.25, 0.3) is 10.9 Å². The van der Waals surface area contributed by atoms with E-state index in [9.17, 15) is 14.4 Å². The van der Waals surface area contributed by atoms with Crippen LogP contribution in [0.4, 0.5) is 17.1 Å². The predicted molar refractivity (Wildman–Crippen MR) is 330 cm³/mol. The Balaban J connectivity index is -0.000000263. The number of aromatic nitrogens is 1. The number of nitrogens with one attached hydrogen (secondary N) is 1. The second-order valence-corrected chi connectivity index (χ2v) is 21.1. The number of halogens is 3. The third-order valence-corrected chi connectivity index (χ3v) is 10.3. The minimum atomic E-state index is -0.503. The molecular formula is C56H81I3N4O7SU. The first-order chi connectivity index (χ1) is 32.3. The molecule has 0 bridgehead atoms. The molecule has 4 aromatic carbocycles. The largest absolute Gasteiger partial charge is 0.461 e. The van der Waals surface area contributed by atoms with Crippen molar-refractivity contribution in [3.8, 4) is 11.8 Å². The number of hydrogen-bond donors (Lipinski definition) is 4. The van der Waals surface area contributed by atoms with Crippen LogP contribution in [0.3, 0.4) is 0 Å². The van der Waals surface area contributed by atoms with E-state index in [1.165, 1.54) is 31.9 Å². The molecule has 0 fully saturated rings. The molecule has 16 heteroatoms. The number of para-hydroxylation sites is 1. The zero-order valence-corrected chi connectivity index (χ0v) is 57.0. The molecule has 0 amide bonds. The number of aryl methyl sites for hydroxylation is 2. The molecule has 7 N–H and O–H groups in total. The van der Waals surface area contributed by atoms with E-state index in [1.807, 2.05) is 68.4 Å². The standard InChI is InChI=1S/C17H21NO3.C11H17N.C10H14IN.C10H15N.C7H10O2.CO2.I2.H2S.U.H2/c1-6-21-16(20)13-9-14(19)11-7-10(2)8-12(15(11)18-13)17(3,4)5;1-8-5-6-10(12)9(7-8)11(2,3)4;1-10(2,3)8-6-7(11)4-5-9(8)12;1-10(2,3)8-6-4-5-7-9(8)11;1-3-5-6-7(8)9-4-2;2-1-3;1-2;;;/h7-9H,6H2,1-5H3,(H,18,19);5-7H,12H2,1-4H3;4-6H,12H2,1-3H3;4-7H,11H2,1-3H3;3-4H2,1-2H3;;;1H2;;1H/i;;;;;;;;;1+2. The molecule has 0 radical (unpaired) electrons. The number of aromatic amines is 1. The van der Waals surface area contributed by atoms with E-state index in [2.05, 4.69) is 190 Å². The van der Waals surface area contributed by atoms with Gasteiger partial charge in [0.1, 0.15) is 5.69 Å². The summed E-state index contributed by atoms with van der Waals surface area (Å²) in [5, 5.41) is 0.605.